The summed E-state index contributed by atoms with van der Waals surface area (Å²) in [6, 6.07) is -1.01. The van der Waals surface area contributed by atoms with Gasteiger partial charge in [-0.15, -0.1) is 0 Å². The Morgan fingerprint density at radius 2 is 0.600 bits per heavy atom. The molecular formula is C64H123NO5. The minimum atomic E-state index is -1.29. The van der Waals surface area contributed by atoms with Crippen molar-refractivity contribution in [3.05, 3.63) is 36.5 Å². The zero-order valence-electron chi connectivity index (χ0n) is 47.0. The molecule has 5 N–H and O–H groups in total. The van der Waals surface area contributed by atoms with Gasteiger partial charge in [-0.3, -0.25) is 4.79 Å². The van der Waals surface area contributed by atoms with Crippen molar-refractivity contribution < 1.29 is 25.2 Å². The van der Waals surface area contributed by atoms with Crippen LogP contribution in [0.4, 0.5) is 0 Å². The van der Waals surface area contributed by atoms with Crippen LogP contribution in [0.2, 0.25) is 0 Å². The molecular weight excluding hydrogens is 863 g/mol. The number of unbranched alkanes of at least 4 members (excludes halogenated alkanes) is 43. The number of hydrogen-bond donors (Lipinski definition) is 5. The zero-order valence-corrected chi connectivity index (χ0v) is 47.0. The lowest BCUT2D eigenvalue weighted by atomic mass is 10.00. The van der Waals surface area contributed by atoms with Crippen LogP contribution in [-0.2, 0) is 4.79 Å². The van der Waals surface area contributed by atoms with Crippen molar-refractivity contribution in [1.29, 1.82) is 0 Å². The van der Waals surface area contributed by atoms with Gasteiger partial charge in [0.05, 0.1) is 18.8 Å². The van der Waals surface area contributed by atoms with Gasteiger partial charge in [0.1, 0.15) is 12.2 Å². The van der Waals surface area contributed by atoms with Gasteiger partial charge in [-0.1, -0.05) is 307 Å². The van der Waals surface area contributed by atoms with Crippen molar-refractivity contribution in [1.82, 2.24) is 5.32 Å². The van der Waals surface area contributed by atoms with E-state index in [1.807, 2.05) is 0 Å². The number of nitrogens with one attached hydrogen (secondary N) is 1. The van der Waals surface area contributed by atoms with Gasteiger partial charge in [-0.05, 0) is 64.2 Å². The molecule has 414 valence electrons. The molecule has 4 atom stereocenters. The molecule has 0 bridgehead atoms. The molecule has 70 heavy (non-hydrogen) atoms. The van der Waals surface area contributed by atoms with E-state index in [2.05, 4.69) is 55.6 Å². The Balaban J connectivity index is 3.60. The second-order valence-electron chi connectivity index (χ2n) is 21.7. The Kier molecular flexibility index (Phi) is 57.2. The van der Waals surface area contributed by atoms with Crippen molar-refractivity contribution in [2.24, 2.45) is 0 Å². The average Bonchev–Trinajstić information content (AvgIpc) is 3.36. The summed E-state index contributed by atoms with van der Waals surface area (Å²) in [5.74, 6) is -0.594. The Morgan fingerprint density at radius 1 is 0.343 bits per heavy atom. The molecule has 0 aromatic carbocycles. The molecule has 0 saturated carbocycles. The number of carbonyl (C=O) groups is 1. The number of allylic oxidation sites excluding steroid dienone is 6. The largest absolute Gasteiger partial charge is 0.394 e. The lowest BCUT2D eigenvalue weighted by molar-refractivity contribution is -0.132. The molecule has 1 amide bonds. The summed E-state index contributed by atoms with van der Waals surface area (Å²) in [6.07, 6.45) is 73.9. The number of aliphatic hydroxyl groups is 4. The molecule has 0 aliphatic carbocycles. The third-order valence-electron chi connectivity index (χ3n) is 14.8. The molecule has 0 fully saturated rings. The minimum Gasteiger partial charge on any atom is -0.394 e. The van der Waals surface area contributed by atoms with Crippen LogP contribution in [0.3, 0.4) is 0 Å². The molecule has 0 aromatic heterocycles. The van der Waals surface area contributed by atoms with Gasteiger partial charge < -0.3 is 25.7 Å². The first-order chi connectivity index (χ1) is 34.5. The number of rotatable bonds is 58. The van der Waals surface area contributed by atoms with E-state index in [1.54, 1.807) is 0 Å². The maximum atomic E-state index is 12.6. The topological polar surface area (TPSA) is 110 Å². The van der Waals surface area contributed by atoms with E-state index in [0.29, 0.717) is 19.3 Å². The third-order valence-corrected chi connectivity index (χ3v) is 14.8. The number of aliphatic hydroxyl groups excluding tert-OH is 4. The maximum Gasteiger partial charge on any atom is 0.249 e. The van der Waals surface area contributed by atoms with Gasteiger partial charge in [-0.2, -0.15) is 0 Å². The van der Waals surface area contributed by atoms with Gasteiger partial charge in [-0.25, -0.2) is 0 Å². The van der Waals surface area contributed by atoms with Crippen LogP contribution in [-0.4, -0.2) is 57.3 Å². The fourth-order valence-corrected chi connectivity index (χ4v) is 9.91. The fraction of sp³-hybridized carbons (Fsp3) is 0.891. The highest BCUT2D eigenvalue weighted by molar-refractivity contribution is 5.80. The van der Waals surface area contributed by atoms with E-state index < -0.39 is 36.9 Å². The number of hydrogen-bond acceptors (Lipinski definition) is 5. The highest BCUT2D eigenvalue weighted by atomic mass is 16.3. The van der Waals surface area contributed by atoms with Crippen molar-refractivity contribution >= 4 is 5.91 Å². The van der Waals surface area contributed by atoms with Crippen LogP contribution in [0.15, 0.2) is 36.5 Å². The lowest BCUT2D eigenvalue weighted by Crippen LogP contribution is -2.53. The summed E-state index contributed by atoms with van der Waals surface area (Å²) < 4.78 is 0. The molecule has 0 radical (unpaired) electrons. The zero-order chi connectivity index (χ0) is 50.9. The first-order valence-electron chi connectivity index (χ1n) is 31.4. The number of carbonyl (C=O) groups excluding carboxylic acids is 1. The van der Waals surface area contributed by atoms with E-state index >= 15 is 0 Å². The van der Waals surface area contributed by atoms with E-state index in [1.165, 1.54) is 250 Å². The monoisotopic (exact) mass is 986 g/mol. The Labute approximate surface area is 437 Å². The van der Waals surface area contributed by atoms with Gasteiger partial charge in [0.15, 0.2) is 0 Å². The van der Waals surface area contributed by atoms with Gasteiger partial charge >= 0.3 is 0 Å². The van der Waals surface area contributed by atoms with Crippen LogP contribution in [0, 0.1) is 0 Å². The molecule has 6 heteroatoms. The normalized spacial score (nSPS) is 13.9. The Morgan fingerprint density at radius 3 is 0.900 bits per heavy atom. The number of amides is 1. The second kappa shape index (κ2) is 58.4. The van der Waals surface area contributed by atoms with E-state index in [-0.39, 0.29) is 0 Å². The maximum absolute atomic E-state index is 12.6. The highest BCUT2D eigenvalue weighted by Gasteiger charge is 2.28. The predicted molar refractivity (Wildman–Crippen MR) is 307 cm³/mol. The molecule has 0 aliphatic rings. The van der Waals surface area contributed by atoms with Crippen LogP contribution < -0.4 is 5.32 Å². The summed E-state index contributed by atoms with van der Waals surface area (Å²) in [7, 11) is 0. The minimum absolute atomic E-state index is 0.362. The lowest BCUT2D eigenvalue weighted by Gasteiger charge is -2.27. The SMILES string of the molecule is CCCCCCCCCCC/C=C/CC/C=C/CC/C=C/CCCC(O)C(O)C(CO)NC(=O)C(O)CCCCCCCCCCCCCCCCCCCCCCCCCCCCCCCCCC. The molecule has 6 nitrogen and oxygen atoms in total. The summed E-state index contributed by atoms with van der Waals surface area (Å²) in [5, 5.41) is 44.0. The average molecular weight is 987 g/mol. The highest BCUT2D eigenvalue weighted by Crippen LogP contribution is 2.18. The van der Waals surface area contributed by atoms with E-state index in [9.17, 15) is 25.2 Å². The Bertz CT molecular complexity index is 1110. The van der Waals surface area contributed by atoms with E-state index in [0.717, 1.165) is 51.4 Å². The summed E-state index contributed by atoms with van der Waals surface area (Å²) in [5.41, 5.74) is 0. The second-order valence-corrected chi connectivity index (χ2v) is 21.7. The first-order valence-corrected chi connectivity index (χ1v) is 31.4. The van der Waals surface area contributed by atoms with Crippen LogP contribution in [0.25, 0.3) is 0 Å². The molecule has 4 unspecified atom stereocenters. The fourth-order valence-electron chi connectivity index (χ4n) is 9.91. The smallest absolute Gasteiger partial charge is 0.249 e. The molecule has 0 aliphatic heterocycles. The third kappa shape index (κ3) is 51.4. The van der Waals surface area contributed by atoms with Crippen LogP contribution in [0.5, 0.6) is 0 Å². The van der Waals surface area contributed by atoms with Crippen molar-refractivity contribution in [2.45, 2.75) is 359 Å². The van der Waals surface area contributed by atoms with E-state index in [4.69, 9.17) is 0 Å². The van der Waals surface area contributed by atoms with Crippen LogP contribution >= 0.6 is 0 Å². The van der Waals surface area contributed by atoms with Crippen molar-refractivity contribution in [2.75, 3.05) is 6.61 Å². The Hall–Kier alpha value is -1.47. The van der Waals surface area contributed by atoms with Gasteiger partial charge in [0.25, 0.3) is 0 Å². The molecule has 0 rings (SSSR count). The molecule has 0 spiro atoms. The standard InChI is InChI=1S/C64H123NO5/c1-3-5-7-9-11-13-15-17-19-21-23-25-27-28-29-30-31-32-33-34-35-36-38-40-42-44-46-48-50-52-54-56-58-62(68)64(70)65-60(59-66)63(69)61(67)57-55-53-51-49-47-45-43-41-39-37-26-24-22-20-18-16-14-12-10-8-6-4-2/h24,26,41,43,49,51,60-63,66-69H,3-23,25,27-40,42,44-48,50,52-59H2,1-2H3,(H,65,70)/b26-24+,43-41+,51-49+. The first kappa shape index (κ1) is 68.5. The quantitative estimate of drug-likeness (QED) is 0.0308. The molecule has 0 aromatic rings. The summed E-state index contributed by atoms with van der Waals surface area (Å²) >= 11 is 0. The van der Waals surface area contributed by atoms with Crippen LogP contribution in [0.1, 0.15) is 335 Å². The predicted octanol–water partition coefficient (Wildman–Crippen LogP) is 18.8. The van der Waals surface area contributed by atoms with Gasteiger partial charge in [0.2, 0.25) is 5.91 Å². The van der Waals surface area contributed by atoms with Crippen molar-refractivity contribution in [3.63, 3.8) is 0 Å². The summed E-state index contributed by atoms with van der Waals surface area (Å²) in [6.45, 7) is 4.07. The summed E-state index contributed by atoms with van der Waals surface area (Å²) in [4.78, 5) is 12.6. The van der Waals surface area contributed by atoms with Crippen molar-refractivity contribution in [3.8, 4) is 0 Å². The van der Waals surface area contributed by atoms with Gasteiger partial charge in [0, 0.05) is 0 Å². The molecule has 0 saturated heterocycles. The molecule has 0 heterocycles.